The summed E-state index contributed by atoms with van der Waals surface area (Å²) in [5.74, 6) is 0.155. The first-order valence-corrected chi connectivity index (χ1v) is 14.1. The summed E-state index contributed by atoms with van der Waals surface area (Å²) in [4.78, 5) is 45.1. The van der Waals surface area contributed by atoms with Crippen LogP contribution in [0.3, 0.4) is 0 Å². The van der Waals surface area contributed by atoms with Crippen LogP contribution in [-0.4, -0.2) is 83.4 Å². The number of nitrogens with zero attached hydrogens (tertiary/aromatic N) is 4. The molecule has 0 bridgehead atoms. The molecule has 12 heteroatoms. The average molecular weight is 614 g/mol. The number of para-hydroxylation sites is 1. The number of aromatic amines is 1. The molecule has 0 aliphatic rings. The molecule has 0 fully saturated rings. The number of benzene rings is 3. The first kappa shape index (κ1) is 30.3. The number of anilines is 1. The van der Waals surface area contributed by atoms with Crippen molar-refractivity contribution in [3.8, 4) is 17.2 Å². The van der Waals surface area contributed by atoms with Crippen LogP contribution >= 0.6 is 11.6 Å². The summed E-state index contributed by atoms with van der Waals surface area (Å²) in [6, 6.07) is 18.7. The van der Waals surface area contributed by atoms with Crippen molar-refractivity contribution in [1.82, 2.24) is 29.9 Å². The smallest absolute Gasteiger partial charge is 0.257 e. The number of nitrogens with one attached hydrogen (secondary N) is 2. The van der Waals surface area contributed by atoms with Crippen LogP contribution < -0.4 is 15.8 Å². The number of ether oxygens (including phenoxy) is 1. The molecule has 5 rings (SSSR count). The maximum absolute atomic E-state index is 13.4. The van der Waals surface area contributed by atoms with Crippen LogP contribution in [0, 0.1) is 0 Å². The van der Waals surface area contributed by atoms with Crippen molar-refractivity contribution in [2.75, 3.05) is 47.0 Å². The van der Waals surface area contributed by atoms with E-state index in [1.165, 1.54) is 15.8 Å². The predicted octanol–water partition coefficient (Wildman–Crippen LogP) is 4.61. The molecule has 0 aliphatic heterocycles. The number of rotatable bonds is 10. The van der Waals surface area contributed by atoms with Crippen molar-refractivity contribution in [3.63, 3.8) is 0 Å². The summed E-state index contributed by atoms with van der Waals surface area (Å²) in [5.41, 5.74) is 8.93. The van der Waals surface area contributed by atoms with Gasteiger partial charge in [-0.1, -0.05) is 23.7 Å². The van der Waals surface area contributed by atoms with Gasteiger partial charge in [0.15, 0.2) is 0 Å². The van der Waals surface area contributed by atoms with E-state index in [0.717, 1.165) is 6.54 Å². The molecule has 0 atom stereocenters. The molecule has 4 N–H and O–H groups in total. The minimum Gasteiger partial charge on any atom is -0.456 e. The first-order valence-electron chi connectivity index (χ1n) is 13.8. The summed E-state index contributed by atoms with van der Waals surface area (Å²) in [6.45, 7) is 1.25. The summed E-state index contributed by atoms with van der Waals surface area (Å²) in [6.07, 6.45) is 1.39. The minimum atomic E-state index is -0.361. The second kappa shape index (κ2) is 12.6. The van der Waals surface area contributed by atoms with Gasteiger partial charge in [0.05, 0.1) is 33.7 Å². The summed E-state index contributed by atoms with van der Waals surface area (Å²) >= 11 is 6.60. The van der Waals surface area contributed by atoms with Gasteiger partial charge in [-0.3, -0.25) is 14.4 Å². The van der Waals surface area contributed by atoms with E-state index < -0.39 is 0 Å². The molecule has 3 aromatic carbocycles. The molecule has 0 radical (unpaired) electrons. The average Bonchev–Trinajstić information content (AvgIpc) is 3.59. The van der Waals surface area contributed by atoms with E-state index in [9.17, 15) is 14.4 Å². The van der Waals surface area contributed by atoms with E-state index in [-0.39, 0.29) is 34.0 Å². The Bertz CT molecular complexity index is 1880. The van der Waals surface area contributed by atoms with Gasteiger partial charge in [0, 0.05) is 49.7 Å². The third kappa shape index (κ3) is 6.29. The lowest BCUT2D eigenvalue weighted by Crippen LogP contribution is -2.31. The largest absolute Gasteiger partial charge is 0.456 e. The number of nitrogen functional groups attached to an aromatic ring is 1. The molecule has 0 unspecified atom stereocenters. The van der Waals surface area contributed by atoms with E-state index in [1.54, 1.807) is 80.8 Å². The lowest BCUT2D eigenvalue weighted by atomic mass is 10.1. The molecular formula is C32H32ClN7O4. The van der Waals surface area contributed by atoms with Gasteiger partial charge in [0.2, 0.25) is 5.78 Å². The van der Waals surface area contributed by atoms with Gasteiger partial charge in [-0.25, -0.2) is 4.68 Å². The van der Waals surface area contributed by atoms with Gasteiger partial charge >= 0.3 is 0 Å². The topological polar surface area (TPSA) is 139 Å². The summed E-state index contributed by atoms with van der Waals surface area (Å²) in [7, 11) is 7.21. The van der Waals surface area contributed by atoms with Gasteiger partial charge in [-0.05, 0) is 62.6 Å². The first-order chi connectivity index (χ1) is 21.0. The quantitative estimate of drug-likeness (QED) is 0.196. The highest BCUT2D eigenvalue weighted by molar-refractivity contribution is 6.32. The number of fused-ring (bicyclic) bond motifs is 1. The fourth-order valence-electron chi connectivity index (χ4n) is 4.58. The number of halogens is 1. The van der Waals surface area contributed by atoms with Crippen LogP contribution in [0.25, 0.3) is 16.6 Å². The highest BCUT2D eigenvalue weighted by Gasteiger charge is 2.22. The Labute approximate surface area is 259 Å². The molecule has 2 aromatic heterocycles. The van der Waals surface area contributed by atoms with E-state index in [4.69, 9.17) is 22.1 Å². The molecule has 226 valence electrons. The third-order valence-electron chi connectivity index (χ3n) is 6.92. The highest BCUT2D eigenvalue weighted by Crippen LogP contribution is 2.32. The van der Waals surface area contributed by atoms with E-state index in [0.29, 0.717) is 51.5 Å². The molecule has 2 heterocycles. The van der Waals surface area contributed by atoms with Crippen LogP contribution in [0.15, 0.2) is 72.9 Å². The minimum absolute atomic E-state index is 0.104. The maximum Gasteiger partial charge on any atom is 0.257 e. The standard InChI is InChI=1S/C32H32ClN7O4/c1-38(2)14-13-35-31(42)19-9-11-25-20(15-19)16-26(37-25)29(41)23-18-36-40(30(23)34)27-12-10-21(17-24(27)33)44-28-8-6-5-7-22(28)32(43)39(3)4/h5-12,15-18,37H,13-14,34H2,1-4H3,(H,35,42). The molecule has 0 saturated carbocycles. The molecule has 2 amide bonds. The molecule has 0 saturated heterocycles. The van der Waals surface area contributed by atoms with Gasteiger partial charge in [-0.15, -0.1) is 0 Å². The number of ketones is 1. The van der Waals surface area contributed by atoms with Crippen LogP contribution in [0.5, 0.6) is 11.5 Å². The van der Waals surface area contributed by atoms with E-state index in [2.05, 4.69) is 15.4 Å². The Kier molecular flexibility index (Phi) is 8.70. The summed E-state index contributed by atoms with van der Waals surface area (Å²) in [5, 5.41) is 8.20. The number of aromatic nitrogens is 3. The second-order valence-corrected chi connectivity index (χ2v) is 11.0. The number of amides is 2. The fraction of sp³-hybridized carbons (Fsp3) is 0.188. The van der Waals surface area contributed by atoms with Crippen molar-refractivity contribution in [2.45, 2.75) is 0 Å². The fourth-order valence-corrected chi connectivity index (χ4v) is 4.83. The second-order valence-electron chi connectivity index (χ2n) is 10.6. The monoisotopic (exact) mass is 613 g/mol. The van der Waals surface area contributed by atoms with Crippen molar-refractivity contribution in [1.29, 1.82) is 0 Å². The van der Waals surface area contributed by atoms with Crippen molar-refractivity contribution in [2.24, 2.45) is 0 Å². The van der Waals surface area contributed by atoms with Gasteiger partial charge < -0.3 is 30.6 Å². The number of hydrogen-bond donors (Lipinski definition) is 3. The third-order valence-corrected chi connectivity index (χ3v) is 7.22. The number of likely N-dealkylation sites (N-methyl/N-ethyl adjacent to an activating group) is 1. The summed E-state index contributed by atoms with van der Waals surface area (Å²) < 4.78 is 7.36. The number of carbonyl (C=O) groups excluding carboxylic acids is 3. The molecule has 0 aliphatic carbocycles. The lowest BCUT2D eigenvalue weighted by molar-refractivity contribution is 0.0824. The van der Waals surface area contributed by atoms with Crippen LogP contribution in [0.2, 0.25) is 5.02 Å². The maximum atomic E-state index is 13.4. The van der Waals surface area contributed by atoms with Crippen molar-refractivity contribution < 1.29 is 19.1 Å². The number of hydrogen-bond acceptors (Lipinski definition) is 7. The van der Waals surface area contributed by atoms with Crippen molar-refractivity contribution >= 4 is 45.9 Å². The van der Waals surface area contributed by atoms with Gasteiger partial charge in [0.1, 0.15) is 17.3 Å². The van der Waals surface area contributed by atoms with Crippen LogP contribution in [0.1, 0.15) is 36.8 Å². The van der Waals surface area contributed by atoms with Gasteiger partial charge in [0.25, 0.3) is 11.8 Å². The Balaban J connectivity index is 1.35. The zero-order chi connectivity index (χ0) is 31.5. The van der Waals surface area contributed by atoms with Crippen LogP contribution in [-0.2, 0) is 0 Å². The normalized spacial score (nSPS) is 11.1. The SMILES string of the molecule is CN(C)CCNC(=O)c1ccc2[nH]c(C(=O)c3cnn(-c4ccc(Oc5ccccc5C(=O)N(C)C)cc4Cl)c3N)cc2c1. The lowest BCUT2D eigenvalue weighted by Gasteiger charge is -2.15. The van der Waals surface area contributed by atoms with Crippen LogP contribution in [0.4, 0.5) is 5.82 Å². The Morgan fingerprint density at radius 3 is 2.50 bits per heavy atom. The van der Waals surface area contributed by atoms with E-state index in [1.807, 2.05) is 19.0 Å². The molecule has 44 heavy (non-hydrogen) atoms. The number of nitrogens with two attached hydrogens (primary N) is 1. The predicted molar refractivity (Wildman–Crippen MR) is 170 cm³/mol. The Hall–Kier alpha value is -5.13. The van der Waals surface area contributed by atoms with Gasteiger partial charge in [-0.2, -0.15) is 5.10 Å². The molecule has 5 aromatic rings. The zero-order valence-corrected chi connectivity index (χ0v) is 25.5. The number of H-pyrrole nitrogens is 1. The van der Waals surface area contributed by atoms with Crippen molar-refractivity contribution in [3.05, 3.63) is 100 Å². The molecule has 11 nitrogen and oxygen atoms in total. The zero-order valence-electron chi connectivity index (χ0n) is 24.7. The number of carbonyl (C=O) groups is 3. The molecular weight excluding hydrogens is 582 g/mol. The highest BCUT2D eigenvalue weighted by atomic mass is 35.5. The Morgan fingerprint density at radius 2 is 1.77 bits per heavy atom. The Morgan fingerprint density at radius 1 is 1.00 bits per heavy atom. The molecule has 0 spiro atoms. The van der Waals surface area contributed by atoms with E-state index >= 15 is 0 Å².